The van der Waals surface area contributed by atoms with Gasteiger partial charge >= 0.3 is 6.18 Å². The van der Waals surface area contributed by atoms with Crippen LogP contribution in [0.2, 0.25) is 0 Å². The highest BCUT2D eigenvalue weighted by Crippen LogP contribution is 2.32. The first-order valence-corrected chi connectivity index (χ1v) is 7.57. The maximum absolute atomic E-state index is 12.6. The van der Waals surface area contributed by atoms with Crippen molar-refractivity contribution in [2.24, 2.45) is 11.7 Å². The summed E-state index contributed by atoms with van der Waals surface area (Å²) in [5, 5.41) is 0. The van der Waals surface area contributed by atoms with Crippen LogP contribution >= 0.6 is 0 Å². The van der Waals surface area contributed by atoms with Crippen LogP contribution in [0.4, 0.5) is 13.2 Å². The predicted octanol–water partition coefficient (Wildman–Crippen LogP) is 3.83. The largest absolute Gasteiger partial charge is 0.416 e. The van der Waals surface area contributed by atoms with Crippen molar-refractivity contribution in [3.8, 4) is 0 Å². The molecule has 1 fully saturated rings. The lowest BCUT2D eigenvalue weighted by molar-refractivity contribution is -0.137. The van der Waals surface area contributed by atoms with Gasteiger partial charge in [-0.25, -0.2) is 0 Å². The van der Waals surface area contributed by atoms with E-state index in [0.717, 1.165) is 49.5 Å². The lowest BCUT2D eigenvalue weighted by Gasteiger charge is -2.37. The zero-order chi connectivity index (χ0) is 15.5. The molecule has 0 aromatic heterocycles. The molecule has 1 saturated heterocycles. The Morgan fingerprint density at radius 3 is 2.19 bits per heavy atom. The van der Waals surface area contributed by atoms with Crippen LogP contribution in [0.5, 0.6) is 0 Å². The molecule has 1 heterocycles. The van der Waals surface area contributed by atoms with Crippen LogP contribution in [0.25, 0.3) is 0 Å². The average molecular weight is 300 g/mol. The number of halogens is 3. The van der Waals surface area contributed by atoms with E-state index in [0.29, 0.717) is 6.54 Å². The lowest BCUT2D eigenvalue weighted by atomic mass is 9.92. The van der Waals surface area contributed by atoms with Crippen molar-refractivity contribution >= 4 is 0 Å². The fraction of sp³-hybridized carbons (Fsp3) is 0.625. The fourth-order valence-corrected chi connectivity index (χ4v) is 3.06. The second-order valence-electron chi connectivity index (χ2n) is 5.76. The van der Waals surface area contributed by atoms with E-state index >= 15 is 0 Å². The summed E-state index contributed by atoms with van der Waals surface area (Å²) in [7, 11) is 0. The summed E-state index contributed by atoms with van der Waals surface area (Å²) in [6.07, 6.45) is -0.793. The fourth-order valence-electron chi connectivity index (χ4n) is 3.06. The van der Waals surface area contributed by atoms with Gasteiger partial charge in [-0.2, -0.15) is 13.2 Å². The van der Waals surface area contributed by atoms with Gasteiger partial charge in [0.05, 0.1) is 5.56 Å². The maximum atomic E-state index is 12.6. The number of likely N-dealkylation sites (tertiary alicyclic amines) is 1. The Bertz CT molecular complexity index is 434. The summed E-state index contributed by atoms with van der Waals surface area (Å²) in [6, 6.07) is 5.44. The molecule has 0 saturated carbocycles. The van der Waals surface area contributed by atoms with Crippen molar-refractivity contribution in [1.82, 2.24) is 4.90 Å². The molecule has 2 N–H and O–H groups in total. The van der Waals surface area contributed by atoms with E-state index in [4.69, 9.17) is 5.73 Å². The molecule has 1 aromatic carbocycles. The highest BCUT2D eigenvalue weighted by Gasteiger charge is 2.31. The highest BCUT2D eigenvalue weighted by atomic mass is 19.4. The molecule has 1 atom stereocenters. The van der Waals surface area contributed by atoms with E-state index in [2.05, 4.69) is 11.8 Å². The van der Waals surface area contributed by atoms with Gasteiger partial charge in [0, 0.05) is 12.6 Å². The Morgan fingerprint density at radius 2 is 1.76 bits per heavy atom. The standard InChI is InChI=1S/C16H23F3N2/c1-2-12-7-9-21(10-8-12)15(11-20)13-3-5-14(6-4-13)16(17,18)19/h3-6,12,15H,2,7-11,20H2,1H3. The van der Waals surface area contributed by atoms with Gasteiger partial charge in [-0.3, -0.25) is 4.90 Å². The molecule has 0 amide bonds. The van der Waals surface area contributed by atoms with Crippen LogP contribution in [0.3, 0.4) is 0 Å². The average Bonchev–Trinajstić information content (AvgIpc) is 2.48. The van der Waals surface area contributed by atoms with Crippen molar-refractivity contribution in [1.29, 1.82) is 0 Å². The third-order valence-corrected chi connectivity index (χ3v) is 4.51. The van der Waals surface area contributed by atoms with Gasteiger partial charge in [0.2, 0.25) is 0 Å². The topological polar surface area (TPSA) is 29.3 Å². The first-order valence-electron chi connectivity index (χ1n) is 7.57. The molecule has 2 nitrogen and oxygen atoms in total. The molecule has 21 heavy (non-hydrogen) atoms. The highest BCUT2D eigenvalue weighted by molar-refractivity contribution is 5.27. The molecule has 1 aliphatic heterocycles. The molecule has 1 aliphatic rings. The molecular weight excluding hydrogens is 277 g/mol. The van der Waals surface area contributed by atoms with Gasteiger partial charge < -0.3 is 5.73 Å². The minimum absolute atomic E-state index is 0.0186. The number of hydrogen-bond acceptors (Lipinski definition) is 2. The minimum atomic E-state index is -4.28. The molecule has 0 radical (unpaired) electrons. The summed E-state index contributed by atoms with van der Waals surface area (Å²) in [6.45, 7) is 4.58. The van der Waals surface area contributed by atoms with Crippen LogP contribution in [-0.2, 0) is 6.18 Å². The van der Waals surface area contributed by atoms with Gasteiger partial charge in [-0.15, -0.1) is 0 Å². The maximum Gasteiger partial charge on any atom is 0.416 e. The second-order valence-corrected chi connectivity index (χ2v) is 5.76. The van der Waals surface area contributed by atoms with Gasteiger partial charge in [0.15, 0.2) is 0 Å². The Labute approximate surface area is 124 Å². The van der Waals surface area contributed by atoms with Crippen molar-refractivity contribution in [3.63, 3.8) is 0 Å². The molecule has 0 aliphatic carbocycles. The van der Waals surface area contributed by atoms with Crippen LogP contribution in [0.15, 0.2) is 24.3 Å². The number of rotatable bonds is 4. The zero-order valence-electron chi connectivity index (χ0n) is 12.4. The monoisotopic (exact) mass is 300 g/mol. The van der Waals surface area contributed by atoms with E-state index in [9.17, 15) is 13.2 Å². The first-order chi connectivity index (χ1) is 9.95. The van der Waals surface area contributed by atoms with Crippen LogP contribution in [-0.4, -0.2) is 24.5 Å². The first kappa shape index (κ1) is 16.3. The summed E-state index contributed by atoms with van der Waals surface area (Å²) in [5.74, 6) is 0.771. The van der Waals surface area contributed by atoms with Crippen LogP contribution < -0.4 is 5.73 Å². The third kappa shape index (κ3) is 3.98. The van der Waals surface area contributed by atoms with E-state index in [1.807, 2.05) is 0 Å². The SMILES string of the molecule is CCC1CCN(C(CN)c2ccc(C(F)(F)F)cc2)CC1. The Balaban J connectivity index is 2.07. The quantitative estimate of drug-likeness (QED) is 0.915. The summed E-state index contributed by atoms with van der Waals surface area (Å²) < 4.78 is 37.8. The summed E-state index contributed by atoms with van der Waals surface area (Å²) >= 11 is 0. The Morgan fingerprint density at radius 1 is 1.19 bits per heavy atom. The Kier molecular flexibility index (Phi) is 5.27. The minimum Gasteiger partial charge on any atom is -0.329 e. The second kappa shape index (κ2) is 6.79. The smallest absolute Gasteiger partial charge is 0.329 e. The van der Waals surface area contributed by atoms with Crippen molar-refractivity contribution in [2.75, 3.05) is 19.6 Å². The molecule has 1 unspecified atom stereocenters. The number of nitrogens with zero attached hydrogens (tertiary/aromatic N) is 1. The molecule has 0 bridgehead atoms. The predicted molar refractivity (Wildman–Crippen MR) is 77.8 cm³/mol. The van der Waals surface area contributed by atoms with Gasteiger partial charge in [-0.1, -0.05) is 25.5 Å². The van der Waals surface area contributed by atoms with E-state index in [1.165, 1.54) is 6.42 Å². The van der Waals surface area contributed by atoms with Gasteiger partial charge in [-0.05, 0) is 49.5 Å². The summed E-state index contributed by atoms with van der Waals surface area (Å²) in [5.41, 5.74) is 6.13. The van der Waals surface area contributed by atoms with Crippen molar-refractivity contribution in [2.45, 2.75) is 38.4 Å². The van der Waals surface area contributed by atoms with E-state index in [-0.39, 0.29) is 6.04 Å². The molecule has 5 heteroatoms. The Hall–Kier alpha value is -1.07. The van der Waals surface area contributed by atoms with Crippen molar-refractivity contribution < 1.29 is 13.2 Å². The van der Waals surface area contributed by atoms with Gasteiger partial charge in [0.1, 0.15) is 0 Å². The number of piperidine rings is 1. The lowest BCUT2D eigenvalue weighted by Crippen LogP contribution is -2.39. The molecule has 118 valence electrons. The van der Waals surface area contributed by atoms with E-state index in [1.54, 1.807) is 12.1 Å². The van der Waals surface area contributed by atoms with Gasteiger partial charge in [0.25, 0.3) is 0 Å². The number of benzene rings is 1. The molecular formula is C16H23F3N2. The van der Waals surface area contributed by atoms with Crippen LogP contribution in [0.1, 0.15) is 43.4 Å². The molecule has 1 aromatic rings. The number of nitrogens with two attached hydrogens (primary N) is 1. The zero-order valence-corrected chi connectivity index (χ0v) is 12.4. The normalized spacial score (nSPS) is 19.7. The number of hydrogen-bond donors (Lipinski definition) is 1. The molecule has 2 rings (SSSR count). The summed E-state index contributed by atoms with van der Waals surface area (Å²) in [4.78, 5) is 2.30. The van der Waals surface area contributed by atoms with E-state index < -0.39 is 11.7 Å². The molecule has 0 spiro atoms. The van der Waals surface area contributed by atoms with Crippen LogP contribution in [0, 0.1) is 5.92 Å². The van der Waals surface area contributed by atoms with Crippen molar-refractivity contribution in [3.05, 3.63) is 35.4 Å². The third-order valence-electron chi connectivity index (χ3n) is 4.51. The number of alkyl halides is 3.